The van der Waals surface area contributed by atoms with Crippen molar-refractivity contribution in [2.45, 2.75) is 13.3 Å². The summed E-state index contributed by atoms with van der Waals surface area (Å²) in [4.78, 5) is 20.5. The molecule has 0 N–H and O–H groups in total. The quantitative estimate of drug-likeness (QED) is 0.742. The lowest BCUT2D eigenvalue weighted by Gasteiger charge is -1.96. The van der Waals surface area contributed by atoms with Crippen molar-refractivity contribution in [2.75, 3.05) is 0 Å². The summed E-state index contributed by atoms with van der Waals surface area (Å²) in [6.07, 6.45) is 5.45. The van der Waals surface area contributed by atoms with E-state index in [0.29, 0.717) is 6.42 Å². The maximum atomic E-state index is 11.8. The van der Waals surface area contributed by atoms with Gasteiger partial charge in [0.1, 0.15) is 0 Å². The molecule has 2 heterocycles. The first-order valence-corrected chi connectivity index (χ1v) is 5.42. The third-order valence-electron chi connectivity index (χ3n) is 1.98. The minimum atomic E-state index is 0.105. The fourth-order valence-corrected chi connectivity index (χ4v) is 1.98. The van der Waals surface area contributed by atoms with E-state index in [-0.39, 0.29) is 5.78 Å². The zero-order valence-corrected chi connectivity index (χ0v) is 9.12. The molecule has 2 rings (SSSR count). The molecule has 15 heavy (non-hydrogen) atoms. The van der Waals surface area contributed by atoms with Gasteiger partial charge in [-0.25, -0.2) is 4.98 Å². The third-order valence-corrected chi connectivity index (χ3v) is 2.94. The minimum absolute atomic E-state index is 0.105. The summed E-state index contributed by atoms with van der Waals surface area (Å²) in [5, 5.41) is 0.921. The maximum Gasteiger partial charge on any atom is 0.178 e. The van der Waals surface area contributed by atoms with Gasteiger partial charge in [-0.1, -0.05) is 6.07 Å². The van der Waals surface area contributed by atoms with Crippen LogP contribution < -0.4 is 0 Å². The number of ketones is 1. The lowest BCUT2D eigenvalue weighted by atomic mass is 10.1. The van der Waals surface area contributed by atoms with Gasteiger partial charge >= 0.3 is 0 Å². The first-order valence-electron chi connectivity index (χ1n) is 4.60. The molecule has 0 aromatic carbocycles. The zero-order chi connectivity index (χ0) is 10.7. The molecule has 3 nitrogen and oxygen atoms in total. The van der Waals surface area contributed by atoms with Gasteiger partial charge in [-0.2, -0.15) is 0 Å². The molecule has 0 amide bonds. The van der Waals surface area contributed by atoms with Crippen LogP contribution in [0.25, 0.3) is 0 Å². The highest BCUT2D eigenvalue weighted by atomic mass is 32.1. The van der Waals surface area contributed by atoms with Crippen LogP contribution in [0, 0.1) is 6.92 Å². The van der Waals surface area contributed by atoms with Crippen molar-refractivity contribution in [2.24, 2.45) is 0 Å². The number of hydrogen-bond acceptors (Lipinski definition) is 4. The summed E-state index contributed by atoms with van der Waals surface area (Å²) in [5.41, 5.74) is 0.938. The van der Waals surface area contributed by atoms with Crippen LogP contribution in [0.5, 0.6) is 0 Å². The van der Waals surface area contributed by atoms with Crippen LogP contribution >= 0.6 is 11.3 Å². The van der Waals surface area contributed by atoms with E-state index in [4.69, 9.17) is 0 Å². The van der Waals surface area contributed by atoms with Crippen LogP contribution in [0.3, 0.4) is 0 Å². The molecule has 2 aromatic heterocycles. The van der Waals surface area contributed by atoms with E-state index in [2.05, 4.69) is 9.97 Å². The third kappa shape index (κ3) is 2.47. The summed E-state index contributed by atoms with van der Waals surface area (Å²) in [6, 6.07) is 3.74. The number of Topliss-reactive ketones (excluding diaryl/α,β-unsaturated/α-hetero) is 1. The Balaban J connectivity index is 2.11. The van der Waals surface area contributed by atoms with Gasteiger partial charge in [-0.3, -0.25) is 9.78 Å². The largest absolute Gasteiger partial charge is 0.293 e. The van der Waals surface area contributed by atoms with Crippen LogP contribution in [0.4, 0.5) is 0 Å². The number of aromatic nitrogens is 2. The van der Waals surface area contributed by atoms with Crippen LogP contribution in [-0.4, -0.2) is 15.8 Å². The van der Waals surface area contributed by atoms with Gasteiger partial charge in [-0.05, 0) is 18.6 Å². The van der Waals surface area contributed by atoms with Gasteiger partial charge in [0.2, 0.25) is 0 Å². The van der Waals surface area contributed by atoms with Gasteiger partial charge in [0.15, 0.2) is 5.78 Å². The lowest BCUT2D eigenvalue weighted by Crippen LogP contribution is -2.01. The Morgan fingerprint density at radius 3 is 2.93 bits per heavy atom. The Labute approximate surface area is 91.8 Å². The van der Waals surface area contributed by atoms with E-state index in [1.165, 1.54) is 11.3 Å². The molecule has 0 saturated carbocycles. The second kappa shape index (κ2) is 4.31. The summed E-state index contributed by atoms with van der Waals surface area (Å²) in [6.45, 7) is 1.89. The molecule has 0 bridgehead atoms. The average molecular weight is 218 g/mol. The van der Waals surface area contributed by atoms with Gasteiger partial charge in [-0.15, -0.1) is 11.3 Å². The molecule has 0 fully saturated rings. The first kappa shape index (κ1) is 9.98. The SMILES string of the molecule is Cc1ncc(C(=O)Cc2cccnc2)s1. The van der Waals surface area contributed by atoms with Gasteiger partial charge < -0.3 is 0 Å². The van der Waals surface area contributed by atoms with Crippen molar-refractivity contribution in [3.05, 3.63) is 46.2 Å². The Morgan fingerprint density at radius 2 is 2.33 bits per heavy atom. The van der Waals surface area contributed by atoms with E-state index >= 15 is 0 Å². The van der Waals surface area contributed by atoms with Gasteiger partial charge in [0, 0.05) is 25.0 Å². The standard InChI is InChI=1S/C11H10N2OS/c1-8-13-7-11(15-8)10(14)5-9-3-2-4-12-6-9/h2-4,6-7H,5H2,1H3. The number of pyridine rings is 1. The summed E-state index contributed by atoms with van der Waals surface area (Å²) >= 11 is 1.43. The molecule has 0 unspecified atom stereocenters. The van der Waals surface area contributed by atoms with Crippen molar-refractivity contribution >= 4 is 17.1 Å². The lowest BCUT2D eigenvalue weighted by molar-refractivity contribution is 0.0996. The van der Waals surface area contributed by atoms with Crippen LogP contribution in [0.1, 0.15) is 20.2 Å². The number of thiazole rings is 1. The molecule has 0 aliphatic heterocycles. The fourth-order valence-electron chi connectivity index (χ4n) is 1.27. The molecule has 0 aliphatic rings. The van der Waals surface area contributed by atoms with Gasteiger partial charge in [0.25, 0.3) is 0 Å². The fraction of sp³-hybridized carbons (Fsp3) is 0.182. The molecule has 0 spiro atoms. The van der Waals surface area contributed by atoms with Crippen molar-refractivity contribution < 1.29 is 4.79 Å². The second-order valence-electron chi connectivity index (χ2n) is 3.20. The van der Waals surface area contributed by atoms with Crippen LogP contribution in [-0.2, 0) is 6.42 Å². The number of carbonyl (C=O) groups excluding carboxylic acids is 1. The van der Waals surface area contributed by atoms with Crippen molar-refractivity contribution in [3.8, 4) is 0 Å². The molecular formula is C11H10N2OS. The second-order valence-corrected chi connectivity index (χ2v) is 4.44. The number of nitrogens with zero attached hydrogens (tertiary/aromatic N) is 2. The molecular weight excluding hydrogens is 208 g/mol. The summed E-state index contributed by atoms with van der Waals surface area (Å²) in [7, 11) is 0. The number of hydrogen-bond donors (Lipinski definition) is 0. The highest BCUT2D eigenvalue weighted by molar-refractivity contribution is 7.13. The van der Waals surface area contributed by atoms with E-state index in [9.17, 15) is 4.79 Å². The Morgan fingerprint density at radius 1 is 1.47 bits per heavy atom. The summed E-state index contributed by atoms with van der Waals surface area (Å²) in [5.74, 6) is 0.105. The summed E-state index contributed by atoms with van der Waals surface area (Å²) < 4.78 is 0. The molecule has 2 aromatic rings. The monoisotopic (exact) mass is 218 g/mol. The molecule has 0 aliphatic carbocycles. The van der Waals surface area contributed by atoms with Crippen molar-refractivity contribution in [1.82, 2.24) is 9.97 Å². The first-order chi connectivity index (χ1) is 7.25. The Hall–Kier alpha value is -1.55. The smallest absolute Gasteiger partial charge is 0.178 e. The zero-order valence-electron chi connectivity index (χ0n) is 8.30. The highest BCUT2D eigenvalue weighted by Gasteiger charge is 2.09. The van der Waals surface area contributed by atoms with Gasteiger partial charge in [0.05, 0.1) is 9.88 Å². The van der Waals surface area contributed by atoms with E-state index in [1.807, 2.05) is 19.1 Å². The normalized spacial score (nSPS) is 10.2. The molecule has 4 heteroatoms. The predicted molar refractivity (Wildman–Crippen MR) is 59.1 cm³/mol. The Bertz CT molecular complexity index is 464. The highest BCUT2D eigenvalue weighted by Crippen LogP contribution is 2.14. The number of rotatable bonds is 3. The average Bonchev–Trinajstić information content (AvgIpc) is 2.66. The predicted octanol–water partition coefficient (Wildman–Crippen LogP) is 2.27. The van der Waals surface area contributed by atoms with E-state index in [0.717, 1.165) is 15.4 Å². The van der Waals surface area contributed by atoms with Crippen LogP contribution in [0.2, 0.25) is 0 Å². The minimum Gasteiger partial charge on any atom is -0.293 e. The van der Waals surface area contributed by atoms with Crippen LogP contribution in [0.15, 0.2) is 30.7 Å². The molecule has 0 atom stereocenters. The number of carbonyl (C=O) groups is 1. The van der Waals surface area contributed by atoms with Crippen molar-refractivity contribution in [3.63, 3.8) is 0 Å². The molecule has 0 radical (unpaired) electrons. The maximum absolute atomic E-state index is 11.8. The molecule has 0 saturated heterocycles. The topological polar surface area (TPSA) is 42.9 Å². The molecule has 76 valence electrons. The van der Waals surface area contributed by atoms with E-state index in [1.54, 1.807) is 18.6 Å². The number of aryl methyl sites for hydroxylation is 1. The van der Waals surface area contributed by atoms with Crippen molar-refractivity contribution in [1.29, 1.82) is 0 Å². The Kier molecular flexibility index (Phi) is 2.87. The van der Waals surface area contributed by atoms with E-state index < -0.39 is 0 Å².